The molecule has 1 saturated heterocycles. The molecule has 0 bridgehead atoms. The number of amides is 3. The summed E-state index contributed by atoms with van der Waals surface area (Å²) in [5, 5.41) is 9.35. The molecule has 3 amide bonds. The van der Waals surface area contributed by atoms with Gasteiger partial charge >= 0.3 is 5.97 Å². The summed E-state index contributed by atoms with van der Waals surface area (Å²) in [6.07, 6.45) is -0.564. The molecule has 7 nitrogen and oxygen atoms in total. The van der Waals surface area contributed by atoms with Gasteiger partial charge in [-0.25, -0.2) is 8.78 Å². The average Bonchev–Trinajstić information content (AvgIpc) is 3.05. The molecule has 1 N–H and O–H groups in total. The number of carboxylic acids is 1. The number of imide groups is 1. The van der Waals surface area contributed by atoms with E-state index in [0.717, 1.165) is 23.1 Å². The van der Waals surface area contributed by atoms with Crippen LogP contribution in [-0.2, 0) is 31.1 Å². The number of hydrogen-bond donors (Lipinski definition) is 1. The lowest BCUT2D eigenvalue weighted by molar-refractivity contribution is -0.143. The Kier molecular flexibility index (Phi) is 4.58. The van der Waals surface area contributed by atoms with Crippen LogP contribution in [0.1, 0.15) is 17.5 Å². The zero-order valence-electron chi connectivity index (χ0n) is 15.2. The van der Waals surface area contributed by atoms with E-state index < -0.39 is 60.3 Å². The van der Waals surface area contributed by atoms with Gasteiger partial charge in [0.2, 0.25) is 17.7 Å². The SMILES string of the molecule is O=C(O)CN1C(=O)C2(CC(=O)N(Cc3cc(F)ccc3F)C2=O)c2cc(Cl)ccc21. The van der Waals surface area contributed by atoms with Crippen LogP contribution in [0.3, 0.4) is 0 Å². The van der Waals surface area contributed by atoms with Gasteiger partial charge in [0, 0.05) is 21.8 Å². The molecule has 0 saturated carbocycles. The monoisotopic (exact) mass is 434 g/mol. The standard InChI is InChI=1S/C20H13ClF2N2O5/c21-11-1-4-15-13(6-11)20(18(29)24(15)9-17(27)28)7-16(26)25(19(20)30)8-10-5-12(22)2-3-14(10)23/h1-6H,7-9H2,(H,27,28). The molecule has 2 heterocycles. The minimum absolute atomic E-state index is 0.113. The fourth-order valence-electron chi connectivity index (χ4n) is 3.95. The van der Waals surface area contributed by atoms with Gasteiger partial charge < -0.3 is 5.11 Å². The smallest absolute Gasteiger partial charge is 0.323 e. The predicted molar refractivity (Wildman–Crippen MR) is 99.7 cm³/mol. The number of aliphatic carboxylic acids is 1. The number of anilines is 1. The van der Waals surface area contributed by atoms with E-state index in [-0.39, 0.29) is 21.8 Å². The number of halogens is 3. The van der Waals surface area contributed by atoms with Crippen molar-refractivity contribution in [2.45, 2.75) is 18.4 Å². The van der Waals surface area contributed by atoms with Crippen molar-refractivity contribution in [1.29, 1.82) is 0 Å². The molecule has 0 aromatic heterocycles. The molecular weight excluding hydrogens is 422 g/mol. The van der Waals surface area contributed by atoms with Crippen molar-refractivity contribution >= 4 is 41.0 Å². The Morgan fingerprint density at radius 3 is 2.47 bits per heavy atom. The highest BCUT2D eigenvalue weighted by molar-refractivity contribution is 6.32. The number of carbonyl (C=O) groups excluding carboxylic acids is 3. The molecule has 0 radical (unpaired) electrons. The largest absolute Gasteiger partial charge is 0.480 e. The quantitative estimate of drug-likeness (QED) is 0.588. The molecule has 154 valence electrons. The van der Waals surface area contributed by atoms with Crippen LogP contribution < -0.4 is 4.90 Å². The minimum atomic E-state index is -1.99. The van der Waals surface area contributed by atoms with Crippen LogP contribution >= 0.6 is 11.6 Å². The first-order valence-corrected chi connectivity index (χ1v) is 9.15. The van der Waals surface area contributed by atoms with Crippen molar-refractivity contribution < 1.29 is 33.1 Å². The van der Waals surface area contributed by atoms with Gasteiger partial charge in [-0.15, -0.1) is 0 Å². The van der Waals surface area contributed by atoms with Gasteiger partial charge in [0.25, 0.3) is 0 Å². The Labute approximate surface area is 173 Å². The van der Waals surface area contributed by atoms with Gasteiger partial charge in [-0.05, 0) is 36.4 Å². The molecule has 30 heavy (non-hydrogen) atoms. The summed E-state index contributed by atoms with van der Waals surface area (Å²) in [6, 6.07) is 6.81. The first-order valence-electron chi connectivity index (χ1n) is 8.77. The second kappa shape index (κ2) is 6.88. The van der Waals surface area contributed by atoms with Crippen LogP contribution in [-0.4, -0.2) is 40.2 Å². The van der Waals surface area contributed by atoms with Crippen molar-refractivity contribution in [3.8, 4) is 0 Å². The molecule has 2 aromatic rings. The van der Waals surface area contributed by atoms with Crippen LogP contribution in [0.25, 0.3) is 0 Å². The Morgan fingerprint density at radius 2 is 1.77 bits per heavy atom. The molecule has 1 atom stereocenters. The van der Waals surface area contributed by atoms with E-state index >= 15 is 0 Å². The topological polar surface area (TPSA) is 95.0 Å². The van der Waals surface area contributed by atoms with Crippen LogP contribution in [0.4, 0.5) is 14.5 Å². The molecule has 2 aliphatic rings. The van der Waals surface area contributed by atoms with Gasteiger partial charge in [0.05, 0.1) is 13.0 Å². The van der Waals surface area contributed by atoms with Crippen LogP contribution in [0.2, 0.25) is 5.02 Å². The summed E-state index contributed by atoms with van der Waals surface area (Å²) in [5.74, 6) is -5.44. The maximum Gasteiger partial charge on any atom is 0.323 e. The van der Waals surface area contributed by atoms with Gasteiger partial charge in [0.1, 0.15) is 18.2 Å². The Bertz CT molecular complexity index is 1140. The number of carbonyl (C=O) groups is 4. The van der Waals surface area contributed by atoms with Crippen LogP contribution in [0, 0.1) is 11.6 Å². The highest BCUT2D eigenvalue weighted by Gasteiger charge is 2.64. The number of fused-ring (bicyclic) bond motifs is 2. The molecule has 4 rings (SSSR count). The van der Waals surface area contributed by atoms with E-state index in [1.165, 1.54) is 18.2 Å². The first kappa shape index (κ1) is 20.0. The van der Waals surface area contributed by atoms with E-state index in [4.69, 9.17) is 16.7 Å². The van der Waals surface area contributed by atoms with Gasteiger partial charge in [0.15, 0.2) is 5.41 Å². The number of carboxylic acid groups (broad SMARTS) is 1. The maximum absolute atomic E-state index is 14.0. The normalized spacial score (nSPS) is 20.4. The molecule has 2 aliphatic heterocycles. The molecule has 1 fully saturated rings. The van der Waals surface area contributed by atoms with Crippen LogP contribution in [0.15, 0.2) is 36.4 Å². The zero-order valence-corrected chi connectivity index (χ0v) is 15.9. The minimum Gasteiger partial charge on any atom is -0.480 e. The second-order valence-electron chi connectivity index (χ2n) is 7.05. The number of hydrogen-bond acceptors (Lipinski definition) is 4. The Morgan fingerprint density at radius 1 is 1.07 bits per heavy atom. The fourth-order valence-corrected chi connectivity index (χ4v) is 4.12. The summed E-state index contributed by atoms with van der Waals surface area (Å²) >= 11 is 6.03. The highest BCUT2D eigenvalue weighted by Crippen LogP contribution is 2.49. The van der Waals surface area contributed by atoms with Crippen molar-refractivity contribution in [2.75, 3.05) is 11.4 Å². The zero-order chi connectivity index (χ0) is 21.8. The van der Waals surface area contributed by atoms with E-state index in [0.29, 0.717) is 4.90 Å². The third-order valence-corrected chi connectivity index (χ3v) is 5.51. The van der Waals surface area contributed by atoms with E-state index in [1.54, 1.807) is 0 Å². The lowest BCUT2D eigenvalue weighted by Crippen LogP contribution is -2.47. The van der Waals surface area contributed by atoms with Crippen molar-refractivity contribution in [3.63, 3.8) is 0 Å². The van der Waals surface area contributed by atoms with E-state index in [1.807, 2.05) is 0 Å². The summed E-state index contributed by atoms with van der Waals surface area (Å²) in [4.78, 5) is 52.0. The van der Waals surface area contributed by atoms with Crippen LogP contribution in [0.5, 0.6) is 0 Å². The van der Waals surface area contributed by atoms with Crippen molar-refractivity contribution in [3.05, 3.63) is 64.2 Å². The third kappa shape index (κ3) is 2.85. The lowest BCUT2D eigenvalue weighted by atomic mass is 9.80. The summed E-state index contributed by atoms with van der Waals surface area (Å²) in [7, 11) is 0. The Balaban J connectivity index is 1.79. The molecule has 1 unspecified atom stereocenters. The fraction of sp³-hybridized carbons (Fsp3) is 0.200. The molecule has 1 spiro atoms. The third-order valence-electron chi connectivity index (χ3n) is 5.28. The summed E-state index contributed by atoms with van der Waals surface area (Å²) in [6.45, 7) is -1.28. The molecule has 0 aliphatic carbocycles. The Hall–Kier alpha value is -3.33. The molecular formula is C20H13ClF2N2O5. The predicted octanol–water partition coefficient (Wildman–Crippen LogP) is 2.25. The van der Waals surface area contributed by atoms with Crippen molar-refractivity contribution in [1.82, 2.24) is 4.90 Å². The number of benzene rings is 2. The van der Waals surface area contributed by atoms with E-state index in [2.05, 4.69) is 0 Å². The second-order valence-corrected chi connectivity index (χ2v) is 7.49. The number of likely N-dealkylation sites (tertiary alicyclic amines) is 1. The summed E-state index contributed by atoms with van der Waals surface area (Å²) < 4.78 is 27.5. The van der Waals surface area contributed by atoms with Crippen molar-refractivity contribution in [2.24, 2.45) is 0 Å². The van der Waals surface area contributed by atoms with Gasteiger partial charge in [-0.3, -0.25) is 29.0 Å². The average molecular weight is 435 g/mol. The highest BCUT2D eigenvalue weighted by atomic mass is 35.5. The maximum atomic E-state index is 14.0. The number of rotatable bonds is 4. The molecule has 2 aromatic carbocycles. The number of nitrogens with zero attached hydrogens (tertiary/aromatic N) is 2. The summed E-state index contributed by atoms with van der Waals surface area (Å²) in [5.41, 5.74) is -1.95. The molecule has 10 heteroatoms. The first-order chi connectivity index (χ1) is 14.1. The van der Waals surface area contributed by atoms with Gasteiger partial charge in [-0.1, -0.05) is 11.6 Å². The lowest BCUT2D eigenvalue weighted by Gasteiger charge is -2.22. The van der Waals surface area contributed by atoms with E-state index in [9.17, 15) is 28.0 Å². The van der Waals surface area contributed by atoms with Gasteiger partial charge in [-0.2, -0.15) is 0 Å².